The van der Waals surface area contributed by atoms with Gasteiger partial charge in [-0.1, -0.05) is 60.7 Å². The first-order valence-corrected chi connectivity index (χ1v) is 11.3. The number of carboxylic acids is 1. The summed E-state index contributed by atoms with van der Waals surface area (Å²) in [6, 6.07) is 20.2. The SMILES string of the molecule is O=C(N[C@H](CO)C(=O)N(CCc1ccccc1)Cc1cc(C(=O)O)ccc1F)OCc1ccccc1. The van der Waals surface area contributed by atoms with E-state index >= 15 is 0 Å². The lowest BCUT2D eigenvalue weighted by molar-refractivity contribution is -0.135. The van der Waals surface area contributed by atoms with Crippen molar-refractivity contribution in [2.24, 2.45) is 0 Å². The molecule has 0 heterocycles. The molecule has 0 saturated carbocycles. The van der Waals surface area contributed by atoms with Gasteiger partial charge in [-0.25, -0.2) is 14.0 Å². The topological polar surface area (TPSA) is 116 Å². The van der Waals surface area contributed by atoms with E-state index < -0.39 is 36.4 Å². The molecular formula is C27H27FN2O6. The zero-order chi connectivity index (χ0) is 25.9. The second-order valence-electron chi connectivity index (χ2n) is 8.05. The van der Waals surface area contributed by atoms with Crippen molar-refractivity contribution in [2.45, 2.75) is 25.6 Å². The molecule has 0 bridgehead atoms. The zero-order valence-corrected chi connectivity index (χ0v) is 19.5. The standard InChI is InChI=1S/C27H27FN2O6/c28-23-12-11-21(26(33)34)15-22(23)16-30(14-13-19-7-3-1-4-8-19)25(32)24(17-31)29-27(35)36-18-20-9-5-2-6-10-20/h1-12,15,24,31H,13-14,16-18H2,(H,29,35)(H,33,34)/t24-/m1/s1. The van der Waals surface area contributed by atoms with Gasteiger partial charge in [-0.2, -0.15) is 0 Å². The minimum absolute atomic E-state index is 0.000319. The normalized spacial score (nSPS) is 11.4. The number of nitrogens with one attached hydrogen (secondary N) is 1. The Hall–Kier alpha value is -4.24. The van der Waals surface area contributed by atoms with Crippen LogP contribution in [0.4, 0.5) is 9.18 Å². The van der Waals surface area contributed by atoms with Crippen LogP contribution in [-0.2, 0) is 29.1 Å². The number of hydrogen-bond acceptors (Lipinski definition) is 5. The number of carbonyl (C=O) groups excluding carboxylic acids is 2. The molecule has 3 aromatic rings. The number of amides is 2. The number of carbonyl (C=O) groups is 3. The van der Waals surface area contributed by atoms with Gasteiger partial charge >= 0.3 is 12.1 Å². The third kappa shape index (κ3) is 7.64. The number of hydrogen-bond donors (Lipinski definition) is 3. The van der Waals surface area contributed by atoms with Crippen LogP contribution in [0.5, 0.6) is 0 Å². The number of ether oxygens (including phenoxy) is 1. The van der Waals surface area contributed by atoms with Gasteiger partial charge in [0.25, 0.3) is 0 Å². The fourth-order valence-electron chi connectivity index (χ4n) is 3.52. The number of carboxylic acid groups (broad SMARTS) is 1. The van der Waals surface area contributed by atoms with Crippen LogP contribution in [0.3, 0.4) is 0 Å². The van der Waals surface area contributed by atoms with Crippen molar-refractivity contribution in [3.63, 3.8) is 0 Å². The highest BCUT2D eigenvalue weighted by molar-refractivity contribution is 5.88. The lowest BCUT2D eigenvalue weighted by Gasteiger charge is -2.27. The number of rotatable bonds is 11. The lowest BCUT2D eigenvalue weighted by atomic mass is 10.1. The molecular weight excluding hydrogens is 467 g/mol. The summed E-state index contributed by atoms with van der Waals surface area (Å²) in [6.07, 6.45) is -0.475. The maximum absolute atomic E-state index is 14.5. The Morgan fingerprint density at radius 2 is 1.58 bits per heavy atom. The molecule has 0 aliphatic heterocycles. The van der Waals surface area contributed by atoms with Gasteiger partial charge in [0.2, 0.25) is 5.91 Å². The Labute approximate surface area is 207 Å². The van der Waals surface area contributed by atoms with Gasteiger partial charge in [0.05, 0.1) is 12.2 Å². The molecule has 0 spiro atoms. The quantitative estimate of drug-likeness (QED) is 0.376. The molecule has 1 atom stereocenters. The van der Waals surface area contributed by atoms with Crippen molar-refractivity contribution >= 4 is 18.0 Å². The number of aliphatic hydroxyl groups is 1. The molecule has 0 radical (unpaired) electrons. The van der Waals surface area contributed by atoms with E-state index in [0.717, 1.165) is 29.3 Å². The molecule has 0 unspecified atom stereocenters. The van der Waals surface area contributed by atoms with Crippen molar-refractivity contribution in [1.29, 1.82) is 0 Å². The second kappa shape index (κ2) is 13.0. The Balaban J connectivity index is 1.74. The fourth-order valence-corrected chi connectivity index (χ4v) is 3.52. The summed E-state index contributed by atoms with van der Waals surface area (Å²) < 4.78 is 19.6. The summed E-state index contributed by atoms with van der Waals surface area (Å²) in [5.74, 6) is -2.56. The van der Waals surface area contributed by atoms with E-state index in [1.165, 1.54) is 4.90 Å². The predicted octanol–water partition coefficient (Wildman–Crippen LogP) is 3.38. The number of aromatic carboxylic acids is 1. The predicted molar refractivity (Wildman–Crippen MR) is 130 cm³/mol. The Morgan fingerprint density at radius 1 is 0.944 bits per heavy atom. The maximum Gasteiger partial charge on any atom is 0.408 e. The van der Waals surface area contributed by atoms with E-state index in [2.05, 4.69) is 5.32 Å². The van der Waals surface area contributed by atoms with E-state index in [4.69, 9.17) is 4.74 Å². The minimum Gasteiger partial charge on any atom is -0.478 e. The van der Waals surface area contributed by atoms with Crippen molar-refractivity contribution in [2.75, 3.05) is 13.2 Å². The molecule has 8 nitrogen and oxygen atoms in total. The monoisotopic (exact) mass is 494 g/mol. The van der Waals surface area contributed by atoms with Gasteiger partial charge in [0.15, 0.2) is 0 Å². The third-order valence-electron chi connectivity index (χ3n) is 5.46. The van der Waals surface area contributed by atoms with Crippen molar-refractivity contribution in [3.8, 4) is 0 Å². The van der Waals surface area contributed by atoms with Crippen molar-refractivity contribution in [1.82, 2.24) is 10.2 Å². The molecule has 0 aromatic heterocycles. The van der Waals surface area contributed by atoms with Gasteiger partial charge < -0.3 is 25.2 Å². The molecule has 36 heavy (non-hydrogen) atoms. The van der Waals surface area contributed by atoms with Crippen molar-refractivity contribution in [3.05, 3.63) is 107 Å². The summed E-state index contributed by atoms with van der Waals surface area (Å²) in [4.78, 5) is 38.2. The average Bonchev–Trinajstić information content (AvgIpc) is 2.90. The molecule has 188 valence electrons. The molecule has 2 amide bonds. The van der Waals surface area contributed by atoms with E-state index in [1.807, 2.05) is 36.4 Å². The van der Waals surface area contributed by atoms with Gasteiger partial charge in [0, 0.05) is 18.7 Å². The van der Waals surface area contributed by atoms with Gasteiger partial charge in [-0.15, -0.1) is 0 Å². The van der Waals surface area contributed by atoms with E-state index in [-0.39, 0.29) is 30.8 Å². The van der Waals surface area contributed by atoms with Crippen LogP contribution in [0.25, 0.3) is 0 Å². The fraction of sp³-hybridized carbons (Fsp3) is 0.222. The number of aliphatic hydroxyl groups excluding tert-OH is 1. The summed E-state index contributed by atoms with van der Waals surface area (Å²) >= 11 is 0. The Kier molecular flexibility index (Phi) is 9.53. The van der Waals surface area contributed by atoms with Crippen LogP contribution in [0.15, 0.2) is 78.9 Å². The highest BCUT2D eigenvalue weighted by Crippen LogP contribution is 2.15. The molecule has 0 fully saturated rings. The van der Waals surface area contributed by atoms with E-state index in [1.54, 1.807) is 24.3 Å². The van der Waals surface area contributed by atoms with E-state index in [9.17, 15) is 29.0 Å². The van der Waals surface area contributed by atoms with Gasteiger partial charge in [0.1, 0.15) is 18.5 Å². The number of alkyl carbamates (subject to hydrolysis) is 1. The Bertz CT molecular complexity index is 1170. The zero-order valence-electron chi connectivity index (χ0n) is 19.5. The van der Waals surface area contributed by atoms with Crippen LogP contribution in [0.1, 0.15) is 27.0 Å². The van der Waals surface area contributed by atoms with Crippen molar-refractivity contribution < 1.29 is 33.7 Å². The molecule has 3 N–H and O–H groups in total. The lowest BCUT2D eigenvalue weighted by Crippen LogP contribution is -2.51. The maximum atomic E-state index is 14.5. The van der Waals surface area contributed by atoms with E-state index in [0.29, 0.717) is 6.42 Å². The summed E-state index contributed by atoms with van der Waals surface area (Å²) in [7, 11) is 0. The smallest absolute Gasteiger partial charge is 0.408 e. The number of nitrogens with zero attached hydrogens (tertiary/aromatic N) is 1. The number of benzene rings is 3. The second-order valence-corrected chi connectivity index (χ2v) is 8.05. The van der Waals surface area contributed by atoms with Gasteiger partial charge in [-0.3, -0.25) is 4.79 Å². The molecule has 0 aliphatic carbocycles. The highest BCUT2D eigenvalue weighted by Gasteiger charge is 2.27. The first kappa shape index (κ1) is 26.4. The summed E-state index contributed by atoms with van der Waals surface area (Å²) in [6.45, 7) is -0.852. The first-order chi connectivity index (χ1) is 17.4. The largest absolute Gasteiger partial charge is 0.478 e. The first-order valence-electron chi connectivity index (χ1n) is 11.3. The molecule has 0 saturated heterocycles. The van der Waals surface area contributed by atoms with Gasteiger partial charge in [-0.05, 0) is 35.7 Å². The summed E-state index contributed by atoms with van der Waals surface area (Å²) in [5.41, 5.74) is 1.55. The summed E-state index contributed by atoms with van der Waals surface area (Å²) in [5, 5.41) is 21.4. The number of halogens is 1. The van der Waals surface area contributed by atoms with Crippen LogP contribution >= 0.6 is 0 Å². The van der Waals surface area contributed by atoms with Crippen LogP contribution < -0.4 is 5.32 Å². The molecule has 3 rings (SSSR count). The molecule has 3 aromatic carbocycles. The Morgan fingerprint density at radius 3 is 2.19 bits per heavy atom. The molecule has 9 heteroatoms. The average molecular weight is 495 g/mol. The third-order valence-corrected chi connectivity index (χ3v) is 5.46. The highest BCUT2D eigenvalue weighted by atomic mass is 19.1. The van der Waals surface area contributed by atoms with Crippen LogP contribution in [0, 0.1) is 5.82 Å². The minimum atomic E-state index is -1.34. The van der Waals surface area contributed by atoms with Crippen LogP contribution in [0.2, 0.25) is 0 Å². The molecule has 0 aliphatic rings. The van der Waals surface area contributed by atoms with Crippen LogP contribution in [-0.4, -0.2) is 52.3 Å².